The van der Waals surface area contributed by atoms with Crippen molar-refractivity contribution in [2.24, 2.45) is 7.05 Å². The van der Waals surface area contributed by atoms with Gasteiger partial charge in [-0.2, -0.15) is 0 Å². The number of hydrogen-bond donors (Lipinski definition) is 2. The third-order valence-electron chi connectivity index (χ3n) is 2.71. The Morgan fingerprint density at radius 3 is 2.11 bits per heavy atom. The van der Waals surface area contributed by atoms with Crippen LogP contribution in [0.15, 0.2) is 18.2 Å². The first kappa shape index (κ1) is 12.1. The number of rotatable bonds is 3. The zero-order chi connectivity index (χ0) is 13.3. The zero-order valence-electron chi connectivity index (χ0n) is 10.5. The Morgan fingerprint density at radius 2 is 1.72 bits per heavy atom. The Labute approximate surface area is 105 Å². The quantitative estimate of drug-likeness (QED) is 0.859. The van der Waals surface area contributed by atoms with E-state index in [1.54, 1.807) is 39.5 Å². The standard InChI is InChI=1S/C12H15N3O3/c1-15-11(13)10(12(16)14-15)7-4-8(17-2)6-9(5-7)18-3/h4-6H,13H2,1-3H3,(H,14,16). The highest BCUT2D eigenvalue weighted by molar-refractivity contribution is 5.80. The number of nitrogens with two attached hydrogens (primary N) is 1. The molecular formula is C12H15N3O3. The number of methoxy groups -OCH3 is 2. The molecule has 0 spiro atoms. The summed E-state index contributed by atoms with van der Waals surface area (Å²) in [6, 6.07) is 5.26. The molecule has 96 valence electrons. The van der Waals surface area contributed by atoms with Crippen molar-refractivity contribution in [2.75, 3.05) is 20.0 Å². The largest absolute Gasteiger partial charge is 0.497 e. The van der Waals surface area contributed by atoms with E-state index < -0.39 is 0 Å². The number of anilines is 1. The van der Waals surface area contributed by atoms with Crippen molar-refractivity contribution in [3.05, 3.63) is 18.2 Å². The molecule has 0 saturated carbocycles. The summed E-state index contributed by atoms with van der Waals surface area (Å²) in [6.45, 7) is 0. The van der Waals surface area contributed by atoms with Gasteiger partial charge in [0.05, 0.1) is 19.8 Å². The molecule has 1 heterocycles. The summed E-state index contributed by atoms with van der Waals surface area (Å²) in [7, 11) is 4.78. The molecule has 0 aliphatic heterocycles. The Balaban J connectivity index is 2.62. The number of nitrogen functional groups attached to an aromatic ring is 1. The maximum Gasteiger partial charge on any atom is 0.240 e. The van der Waals surface area contributed by atoms with E-state index in [9.17, 15) is 5.11 Å². The summed E-state index contributed by atoms with van der Waals surface area (Å²) in [5, 5.41) is 13.7. The van der Waals surface area contributed by atoms with E-state index >= 15 is 0 Å². The first-order valence-electron chi connectivity index (χ1n) is 5.31. The minimum Gasteiger partial charge on any atom is -0.497 e. The van der Waals surface area contributed by atoms with Gasteiger partial charge in [-0.15, -0.1) is 5.10 Å². The molecule has 3 N–H and O–H groups in total. The number of ether oxygens (including phenoxy) is 2. The number of aromatic hydroxyl groups is 1. The molecule has 2 aromatic rings. The van der Waals surface area contributed by atoms with Crippen molar-refractivity contribution in [3.8, 4) is 28.5 Å². The first-order chi connectivity index (χ1) is 8.56. The van der Waals surface area contributed by atoms with Crippen LogP contribution in [0.3, 0.4) is 0 Å². The molecule has 0 aliphatic carbocycles. The van der Waals surface area contributed by atoms with Gasteiger partial charge in [0.2, 0.25) is 5.88 Å². The molecule has 0 fully saturated rings. The minimum absolute atomic E-state index is 0.120. The van der Waals surface area contributed by atoms with E-state index in [2.05, 4.69) is 5.10 Å². The maximum absolute atomic E-state index is 9.80. The van der Waals surface area contributed by atoms with E-state index in [4.69, 9.17) is 15.2 Å². The molecule has 1 aromatic heterocycles. The van der Waals surface area contributed by atoms with E-state index in [0.29, 0.717) is 28.4 Å². The van der Waals surface area contributed by atoms with Crippen LogP contribution >= 0.6 is 0 Å². The van der Waals surface area contributed by atoms with E-state index in [1.165, 1.54) is 4.68 Å². The second-order valence-corrected chi connectivity index (χ2v) is 3.81. The monoisotopic (exact) mass is 249 g/mol. The smallest absolute Gasteiger partial charge is 0.240 e. The van der Waals surface area contributed by atoms with Crippen LogP contribution in [0.1, 0.15) is 0 Å². The fraction of sp³-hybridized carbons (Fsp3) is 0.250. The predicted octanol–water partition coefficient (Wildman–Crippen LogP) is 1.39. The highest BCUT2D eigenvalue weighted by Crippen LogP contribution is 2.37. The average Bonchev–Trinajstić information content (AvgIpc) is 2.62. The van der Waals surface area contributed by atoms with Gasteiger partial charge in [0.15, 0.2) is 0 Å². The molecule has 0 unspecified atom stereocenters. The fourth-order valence-corrected chi connectivity index (χ4v) is 1.75. The summed E-state index contributed by atoms with van der Waals surface area (Å²) < 4.78 is 11.8. The van der Waals surface area contributed by atoms with Crippen LogP contribution in [0.5, 0.6) is 17.4 Å². The number of benzene rings is 1. The lowest BCUT2D eigenvalue weighted by Crippen LogP contribution is -1.98. The van der Waals surface area contributed by atoms with Gasteiger partial charge in [-0.3, -0.25) is 0 Å². The molecular weight excluding hydrogens is 234 g/mol. The van der Waals surface area contributed by atoms with Crippen LogP contribution in [0, 0.1) is 0 Å². The topological polar surface area (TPSA) is 82.5 Å². The predicted molar refractivity (Wildman–Crippen MR) is 67.8 cm³/mol. The molecule has 6 heteroatoms. The first-order valence-corrected chi connectivity index (χ1v) is 5.31. The van der Waals surface area contributed by atoms with Crippen LogP contribution in [0.25, 0.3) is 11.1 Å². The second-order valence-electron chi connectivity index (χ2n) is 3.81. The van der Waals surface area contributed by atoms with Crippen molar-refractivity contribution >= 4 is 5.82 Å². The summed E-state index contributed by atoms with van der Waals surface area (Å²) in [5.41, 5.74) is 7.03. The summed E-state index contributed by atoms with van der Waals surface area (Å²) in [6.07, 6.45) is 0. The Bertz CT molecular complexity index is 556. The van der Waals surface area contributed by atoms with Gasteiger partial charge in [-0.25, -0.2) is 4.68 Å². The third kappa shape index (κ3) is 1.92. The van der Waals surface area contributed by atoms with Crippen molar-refractivity contribution < 1.29 is 14.6 Å². The van der Waals surface area contributed by atoms with Gasteiger partial charge in [0.25, 0.3) is 0 Å². The summed E-state index contributed by atoms with van der Waals surface area (Å²) in [4.78, 5) is 0. The highest BCUT2D eigenvalue weighted by Gasteiger charge is 2.16. The van der Waals surface area contributed by atoms with Crippen LogP contribution in [0.4, 0.5) is 5.82 Å². The lowest BCUT2D eigenvalue weighted by Gasteiger charge is -2.08. The van der Waals surface area contributed by atoms with Crippen molar-refractivity contribution in [1.29, 1.82) is 0 Å². The molecule has 0 saturated heterocycles. The van der Waals surface area contributed by atoms with Gasteiger partial charge >= 0.3 is 0 Å². The van der Waals surface area contributed by atoms with Gasteiger partial charge in [-0.1, -0.05) is 0 Å². The molecule has 0 bridgehead atoms. The van der Waals surface area contributed by atoms with E-state index in [-0.39, 0.29) is 5.88 Å². The summed E-state index contributed by atoms with van der Waals surface area (Å²) >= 11 is 0. The number of aromatic nitrogens is 2. The Kier molecular flexibility index (Phi) is 3.01. The van der Waals surface area contributed by atoms with Crippen LogP contribution in [0.2, 0.25) is 0 Å². The highest BCUT2D eigenvalue weighted by atomic mass is 16.5. The van der Waals surface area contributed by atoms with Gasteiger partial charge in [0, 0.05) is 13.1 Å². The van der Waals surface area contributed by atoms with Crippen molar-refractivity contribution in [2.45, 2.75) is 0 Å². The Morgan fingerprint density at radius 1 is 1.17 bits per heavy atom. The molecule has 1 aromatic carbocycles. The van der Waals surface area contributed by atoms with Gasteiger partial charge < -0.3 is 20.3 Å². The van der Waals surface area contributed by atoms with Gasteiger partial charge in [0.1, 0.15) is 17.3 Å². The Hall–Kier alpha value is -2.37. The molecule has 0 aliphatic rings. The second kappa shape index (κ2) is 4.48. The van der Waals surface area contributed by atoms with Crippen LogP contribution in [-0.4, -0.2) is 29.1 Å². The van der Waals surface area contributed by atoms with Gasteiger partial charge in [-0.05, 0) is 17.7 Å². The molecule has 2 rings (SSSR count). The zero-order valence-corrected chi connectivity index (χ0v) is 10.5. The SMILES string of the molecule is COc1cc(OC)cc(-c2c(O)nn(C)c2N)c1. The number of aryl methyl sites for hydroxylation is 1. The molecule has 18 heavy (non-hydrogen) atoms. The van der Waals surface area contributed by atoms with Crippen LogP contribution < -0.4 is 15.2 Å². The van der Waals surface area contributed by atoms with Crippen molar-refractivity contribution in [3.63, 3.8) is 0 Å². The van der Waals surface area contributed by atoms with E-state index in [1.807, 2.05) is 0 Å². The molecule has 0 amide bonds. The maximum atomic E-state index is 9.80. The number of nitrogens with zero attached hydrogens (tertiary/aromatic N) is 2. The molecule has 0 atom stereocenters. The molecule has 0 radical (unpaired) electrons. The lowest BCUT2D eigenvalue weighted by atomic mass is 10.1. The van der Waals surface area contributed by atoms with Crippen molar-refractivity contribution in [1.82, 2.24) is 9.78 Å². The number of hydrogen-bond acceptors (Lipinski definition) is 5. The lowest BCUT2D eigenvalue weighted by molar-refractivity contribution is 0.394. The normalized spacial score (nSPS) is 10.4. The molecule has 6 nitrogen and oxygen atoms in total. The third-order valence-corrected chi connectivity index (χ3v) is 2.71. The fourth-order valence-electron chi connectivity index (χ4n) is 1.75. The minimum atomic E-state index is -0.120. The van der Waals surface area contributed by atoms with Crippen LogP contribution in [-0.2, 0) is 7.05 Å². The average molecular weight is 249 g/mol. The van der Waals surface area contributed by atoms with E-state index in [0.717, 1.165) is 0 Å². The summed E-state index contributed by atoms with van der Waals surface area (Å²) in [5.74, 6) is 1.49.